The van der Waals surface area contributed by atoms with Crippen molar-refractivity contribution in [1.82, 2.24) is 9.80 Å². The Morgan fingerprint density at radius 3 is 1.33 bits per heavy atom. The van der Waals surface area contributed by atoms with Crippen LogP contribution in [0, 0.1) is 11.8 Å². The summed E-state index contributed by atoms with van der Waals surface area (Å²) in [7, 11) is 0. The van der Waals surface area contributed by atoms with Crippen LogP contribution in [0.4, 0.5) is 0 Å². The minimum absolute atomic E-state index is 0.0314. The number of nitrogens with zero attached hydrogens (tertiary/aromatic N) is 2. The van der Waals surface area contributed by atoms with Crippen molar-refractivity contribution in [3.8, 4) is 0 Å². The minimum atomic E-state index is 0.0314. The lowest BCUT2D eigenvalue weighted by Gasteiger charge is -2.33. The first kappa shape index (κ1) is 63.0. The van der Waals surface area contributed by atoms with Gasteiger partial charge in [0.1, 0.15) is 5.78 Å². The molecule has 1 aliphatic carbocycles. The molecule has 0 bridgehead atoms. The van der Waals surface area contributed by atoms with Crippen molar-refractivity contribution in [3.05, 3.63) is 0 Å². The van der Waals surface area contributed by atoms with E-state index in [0.717, 1.165) is 77.7 Å². The predicted molar refractivity (Wildman–Crippen MR) is 288 cm³/mol. The van der Waals surface area contributed by atoms with E-state index in [-0.39, 0.29) is 12.6 Å². The molecule has 0 unspecified atom stereocenters. The zero-order chi connectivity index (χ0) is 47.8. The minimum Gasteiger partial charge on any atom is -0.466 e. The fraction of sp³-hybridized carbons (Fsp3) is 0.967. The number of carbonyl (C=O) groups excluding carboxylic acids is 2. The summed E-state index contributed by atoms with van der Waals surface area (Å²) in [5, 5.41) is 10.0. The molecule has 1 saturated carbocycles. The summed E-state index contributed by atoms with van der Waals surface area (Å²) in [6.07, 6.45) is 54.6. The van der Waals surface area contributed by atoms with E-state index in [1.165, 1.54) is 231 Å². The van der Waals surface area contributed by atoms with Crippen molar-refractivity contribution >= 4 is 11.8 Å². The van der Waals surface area contributed by atoms with Crippen molar-refractivity contribution in [1.29, 1.82) is 0 Å². The maximum absolute atomic E-state index is 13.3. The lowest BCUT2D eigenvalue weighted by molar-refractivity contribution is -0.145. The van der Waals surface area contributed by atoms with Crippen LogP contribution in [-0.4, -0.2) is 78.6 Å². The zero-order valence-electron chi connectivity index (χ0n) is 45.4. The van der Waals surface area contributed by atoms with Crippen LogP contribution in [0.1, 0.15) is 310 Å². The Morgan fingerprint density at radius 1 is 0.455 bits per heavy atom. The molecule has 0 aromatic rings. The number of aliphatic hydroxyl groups is 1. The zero-order valence-corrected chi connectivity index (χ0v) is 45.4. The lowest BCUT2D eigenvalue weighted by atomic mass is 9.89. The molecule has 0 spiro atoms. The molecule has 1 N–H and O–H groups in total. The number of ketones is 1. The Balaban J connectivity index is 2.60. The summed E-state index contributed by atoms with van der Waals surface area (Å²) in [4.78, 5) is 31.6. The first-order valence-electron chi connectivity index (χ1n) is 30.2. The van der Waals surface area contributed by atoms with Gasteiger partial charge in [-0.25, -0.2) is 0 Å². The quantitative estimate of drug-likeness (QED) is 0.0372. The van der Waals surface area contributed by atoms with E-state index >= 15 is 0 Å². The number of Topliss-reactive ketones (excluding diaryl/α,β-unsaturated/α-hetero) is 1. The van der Waals surface area contributed by atoms with Crippen molar-refractivity contribution in [2.45, 2.75) is 316 Å². The number of esters is 1. The molecule has 0 amide bonds. The van der Waals surface area contributed by atoms with E-state index < -0.39 is 0 Å². The summed E-state index contributed by atoms with van der Waals surface area (Å²) >= 11 is 0. The molecule has 1 fully saturated rings. The van der Waals surface area contributed by atoms with Gasteiger partial charge in [-0.2, -0.15) is 0 Å². The Labute approximate surface area is 413 Å². The second kappa shape index (κ2) is 49.0. The normalized spacial score (nSPS) is 13.8. The topological polar surface area (TPSA) is 70.1 Å². The molecule has 6 nitrogen and oxygen atoms in total. The molecule has 392 valence electrons. The molecular formula is C60H118N2O4. The smallest absolute Gasteiger partial charge is 0.306 e. The number of ether oxygens (including phenoxy) is 1. The van der Waals surface area contributed by atoms with Gasteiger partial charge in [0.05, 0.1) is 13.2 Å². The Bertz CT molecular complexity index is 921. The van der Waals surface area contributed by atoms with Gasteiger partial charge in [-0.05, 0) is 82.7 Å². The van der Waals surface area contributed by atoms with E-state index in [9.17, 15) is 14.7 Å². The van der Waals surface area contributed by atoms with Crippen LogP contribution in [0.25, 0.3) is 0 Å². The maximum atomic E-state index is 13.3. The molecule has 1 aliphatic rings. The molecule has 66 heavy (non-hydrogen) atoms. The Kier molecular flexibility index (Phi) is 46.8. The molecule has 0 aromatic heterocycles. The first-order valence-corrected chi connectivity index (χ1v) is 30.2. The van der Waals surface area contributed by atoms with Crippen LogP contribution < -0.4 is 0 Å². The number of hydrogen-bond donors (Lipinski definition) is 1. The van der Waals surface area contributed by atoms with Crippen LogP contribution in [-0.2, 0) is 14.3 Å². The Morgan fingerprint density at radius 2 is 0.864 bits per heavy atom. The van der Waals surface area contributed by atoms with Gasteiger partial charge in [0.25, 0.3) is 0 Å². The van der Waals surface area contributed by atoms with Gasteiger partial charge in [-0.15, -0.1) is 0 Å². The summed E-state index contributed by atoms with van der Waals surface area (Å²) in [6, 6.07) is 0.612. The van der Waals surface area contributed by atoms with Crippen molar-refractivity contribution in [3.63, 3.8) is 0 Å². The fourth-order valence-corrected chi connectivity index (χ4v) is 10.9. The van der Waals surface area contributed by atoms with Crippen molar-refractivity contribution in [2.75, 3.05) is 45.9 Å². The lowest BCUT2D eigenvalue weighted by Crippen LogP contribution is -2.43. The standard InChI is InChI=1S/C60H118N2O4/c1-5-9-13-17-21-30-40-56(41-31-22-18-14-10-6-2)54-59(64)46-36-27-28-37-47-61(49-50-62(51-52-63)58-44-34-25-26-35-45-58)48-38-29-39-53-66-60(65)55-57(42-32-23-19-15-11-7-3)43-33-24-20-16-12-8-4/h56-58,63H,5-55H2,1-4H3. The van der Waals surface area contributed by atoms with Crippen molar-refractivity contribution < 1.29 is 19.4 Å². The first-order chi connectivity index (χ1) is 32.5. The van der Waals surface area contributed by atoms with Crippen LogP contribution >= 0.6 is 0 Å². The van der Waals surface area contributed by atoms with Crippen LogP contribution in [0.2, 0.25) is 0 Å². The molecule has 6 heteroatoms. The third-order valence-electron chi connectivity index (χ3n) is 15.3. The Hall–Kier alpha value is -0.980. The summed E-state index contributed by atoms with van der Waals surface area (Å²) < 4.78 is 5.88. The number of rotatable bonds is 51. The average molecular weight is 932 g/mol. The van der Waals surface area contributed by atoms with Crippen LogP contribution in [0.15, 0.2) is 0 Å². The van der Waals surface area contributed by atoms with Gasteiger partial charge >= 0.3 is 5.97 Å². The van der Waals surface area contributed by atoms with E-state index in [2.05, 4.69) is 37.5 Å². The average Bonchev–Trinajstić information content (AvgIpc) is 3.61. The van der Waals surface area contributed by atoms with Crippen LogP contribution in [0.3, 0.4) is 0 Å². The fourth-order valence-electron chi connectivity index (χ4n) is 10.9. The molecular weight excluding hydrogens is 813 g/mol. The van der Waals surface area contributed by atoms with Gasteiger partial charge in [0, 0.05) is 44.9 Å². The van der Waals surface area contributed by atoms with Gasteiger partial charge in [0.15, 0.2) is 0 Å². The molecule has 0 radical (unpaired) electrons. The summed E-state index contributed by atoms with van der Waals surface area (Å²) in [5.41, 5.74) is 0. The summed E-state index contributed by atoms with van der Waals surface area (Å²) in [6.45, 7) is 15.0. The van der Waals surface area contributed by atoms with Gasteiger partial charge in [-0.3, -0.25) is 14.5 Å². The predicted octanol–water partition coefficient (Wildman–Crippen LogP) is 17.6. The maximum Gasteiger partial charge on any atom is 0.306 e. The number of carbonyl (C=O) groups is 2. The SMILES string of the molecule is CCCCCCCCC(CCCCCCCC)CC(=O)CCCCCCN(CCCCCOC(=O)CC(CCCCCCCC)CCCCCCCC)CCN(CCO)C1CCCCCC1. The van der Waals surface area contributed by atoms with Crippen molar-refractivity contribution in [2.24, 2.45) is 11.8 Å². The highest BCUT2D eigenvalue weighted by molar-refractivity contribution is 5.78. The highest BCUT2D eigenvalue weighted by Gasteiger charge is 2.21. The van der Waals surface area contributed by atoms with E-state index in [4.69, 9.17) is 4.74 Å². The molecule has 0 aliphatic heterocycles. The molecule has 0 atom stereocenters. The van der Waals surface area contributed by atoms with E-state index in [1.807, 2.05) is 0 Å². The second-order valence-electron chi connectivity index (χ2n) is 21.6. The molecule has 0 saturated heterocycles. The van der Waals surface area contributed by atoms with Gasteiger partial charge in [0.2, 0.25) is 0 Å². The molecule has 0 heterocycles. The highest BCUT2D eigenvalue weighted by atomic mass is 16.5. The van der Waals surface area contributed by atoms with Gasteiger partial charge < -0.3 is 14.7 Å². The van der Waals surface area contributed by atoms with E-state index in [0.29, 0.717) is 36.7 Å². The van der Waals surface area contributed by atoms with Gasteiger partial charge in [-0.1, -0.05) is 233 Å². The summed E-state index contributed by atoms with van der Waals surface area (Å²) in [5.74, 6) is 1.64. The highest BCUT2D eigenvalue weighted by Crippen LogP contribution is 2.26. The molecule has 1 rings (SSSR count). The third kappa shape index (κ3) is 39.8. The number of unbranched alkanes of at least 4 members (excludes halogenated alkanes) is 25. The second-order valence-corrected chi connectivity index (χ2v) is 21.6. The number of hydrogen-bond acceptors (Lipinski definition) is 6. The third-order valence-corrected chi connectivity index (χ3v) is 15.3. The number of aliphatic hydroxyl groups excluding tert-OH is 1. The molecule has 0 aromatic carbocycles. The van der Waals surface area contributed by atoms with E-state index in [1.54, 1.807) is 0 Å². The van der Waals surface area contributed by atoms with Crippen LogP contribution in [0.5, 0.6) is 0 Å². The largest absolute Gasteiger partial charge is 0.466 e. The monoisotopic (exact) mass is 931 g/mol.